The van der Waals surface area contributed by atoms with Crippen LogP contribution in [0.5, 0.6) is 0 Å². The van der Waals surface area contributed by atoms with Crippen LogP contribution in [0.3, 0.4) is 0 Å². The third-order valence-corrected chi connectivity index (χ3v) is 2.94. The molecule has 0 saturated carbocycles. The maximum atomic E-state index is 10.4. The van der Waals surface area contributed by atoms with Gasteiger partial charge in [-0.1, -0.05) is 18.9 Å². The number of aromatic carboxylic acids is 1. The smallest absolute Gasteiger partial charge is 0.335 e. The van der Waals surface area contributed by atoms with Gasteiger partial charge in [-0.2, -0.15) is 0 Å². The molecule has 0 atom stereocenters. The van der Waals surface area contributed by atoms with Gasteiger partial charge in [-0.05, 0) is 18.9 Å². The molecule has 0 amide bonds. The first-order chi connectivity index (χ1) is 13.1. The number of hydrogen-bond donors (Lipinski definition) is 6. The molecule has 0 radical (unpaired) electrons. The van der Waals surface area contributed by atoms with E-state index in [4.69, 9.17) is 25.5 Å². The van der Waals surface area contributed by atoms with E-state index in [1.807, 2.05) is 0 Å². The number of nitro benzene ring substituents is 1. The highest BCUT2D eigenvalue weighted by Gasteiger charge is 2.09. The van der Waals surface area contributed by atoms with Gasteiger partial charge in [0, 0.05) is 25.0 Å². The molecule has 12 heteroatoms. The SMILES string of the molecule is N.O=C(O)CCCCCCC(=O)O.O=C(O)c1cccc([N+](=O)[O-])c1.OCCO. The highest BCUT2D eigenvalue weighted by molar-refractivity contribution is 5.88. The molecule has 0 spiro atoms. The quantitative estimate of drug-likeness (QED) is 0.182. The van der Waals surface area contributed by atoms with Gasteiger partial charge < -0.3 is 31.7 Å². The molecule has 0 aliphatic rings. The average Bonchev–Trinajstić information content (AvgIpc) is 2.65. The molecule has 0 unspecified atom stereocenters. The predicted molar refractivity (Wildman–Crippen MR) is 102 cm³/mol. The number of benzene rings is 1. The summed E-state index contributed by atoms with van der Waals surface area (Å²) < 4.78 is 0. The maximum absolute atomic E-state index is 10.4. The van der Waals surface area contributed by atoms with E-state index in [9.17, 15) is 24.5 Å². The summed E-state index contributed by atoms with van der Waals surface area (Å²) in [5, 5.41) is 50.4. The second kappa shape index (κ2) is 19.7. The molecular formula is C17H28N2O10. The summed E-state index contributed by atoms with van der Waals surface area (Å²) >= 11 is 0. The second-order valence-corrected chi connectivity index (χ2v) is 5.26. The van der Waals surface area contributed by atoms with Gasteiger partial charge in [-0.25, -0.2) is 4.79 Å². The van der Waals surface area contributed by atoms with Crippen LogP contribution in [-0.2, 0) is 9.59 Å². The summed E-state index contributed by atoms with van der Waals surface area (Å²) in [6.07, 6.45) is 3.28. The van der Waals surface area contributed by atoms with Crippen LogP contribution < -0.4 is 6.15 Å². The Morgan fingerprint density at radius 2 is 1.31 bits per heavy atom. The minimum absolute atomic E-state index is 0. The number of nitrogens with zero attached hydrogens (tertiary/aromatic N) is 1. The van der Waals surface area contributed by atoms with Gasteiger partial charge in [0.15, 0.2) is 0 Å². The van der Waals surface area contributed by atoms with E-state index in [1.165, 1.54) is 18.2 Å². The van der Waals surface area contributed by atoms with Crippen LogP contribution in [0, 0.1) is 10.1 Å². The van der Waals surface area contributed by atoms with Crippen LogP contribution in [0.4, 0.5) is 5.69 Å². The predicted octanol–water partition coefficient (Wildman–Crippen LogP) is 1.92. The number of rotatable bonds is 10. The first-order valence-corrected chi connectivity index (χ1v) is 8.28. The molecule has 1 rings (SSSR count). The van der Waals surface area contributed by atoms with E-state index < -0.39 is 22.8 Å². The molecule has 1 aromatic carbocycles. The summed E-state index contributed by atoms with van der Waals surface area (Å²) in [7, 11) is 0. The number of unbranched alkanes of at least 4 members (excludes halogenated alkanes) is 3. The zero-order valence-corrected chi connectivity index (χ0v) is 15.9. The minimum Gasteiger partial charge on any atom is -0.481 e. The van der Waals surface area contributed by atoms with Gasteiger partial charge in [0.1, 0.15) is 0 Å². The zero-order valence-electron chi connectivity index (χ0n) is 15.9. The maximum Gasteiger partial charge on any atom is 0.335 e. The van der Waals surface area contributed by atoms with Crippen LogP contribution >= 0.6 is 0 Å². The van der Waals surface area contributed by atoms with Crippen molar-refractivity contribution in [2.45, 2.75) is 38.5 Å². The number of carboxylic acids is 3. The number of aliphatic hydroxyl groups is 2. The molecule has 0 heterocycles. The number of non-ortho nitro benzene ring substituents is 1. The van der Waals surface area contributed by atoms with E-state index >= 15 is 0 Å². The fourth-order valence-corrected chi connectivity index (χ4v) is 1.66. The first-order valence-electron chi connectivity index (χ1n) is 8.28. The highest BCUT2D eigenvalue weighted by Crippen LogP contribution is 2.12. The molecule has 29 heavy (non-hydrogen) atoms. The Balaban J connectivity index is -0.000000383. The summed E-state index contributed by atoms with van der Waals surface area (Å²) in [4.78, 5) is 40.0. The number of hydrogen-bond acceptors (Lipinski definition) is 8. The number of carboxylic acid groups (broad SMARTS) is 3. The van der Waals surface area contributed by atoms with Crippen molar-refractivity contribution in [3.63, 3.8) is 0 Å². The Kier molecular flexibility index (Phi) is 20.8. The second-order valence-electron chi connectivity index (χ2n) is 5.26. The Bertz CT molecular complexity index is 573. The molecule has 0 aromatic heterocycles. The van der Waals surface area contributed by atoms with Crippen molar-refractivity contribution >= 4 is 23.6 Å². The van der Waals surface area contributed by atoms with Crippen molar-refractivity contribution in [1.29, 1.82) is 0 Å². The fourth-order valence-electron chi connectivity index (χ4n) is 1.66. The third-order valence-electron chi connectivity index (χ3n) is 2.94. The van der Waals surface area contributed by atoms with Crippen LogP contribution in [-0.4, -0.2) is 61.6 Å². The molecular weight excluding hydrogens is 392 g/mol. The lowest BCUT2D eigenvalue weighted by Crippen LogP contribution is -1.97. The summed E-state index contributed by atoms with van der Waals surface area (Å²) in [6, 6.07) is 4.89. The van der Waals surface area contributed by atoms with Crippen molar-refractivity contribution < 1.29 is 44.8 Å². The van der Waals surface area contributed by atoms with Gasteiger partial charge >= 0.3 is 17.9 Å². The molecule has 8 N–H and O–H groups in total. The van der Waals surface area contributed by atoms with Crippen molar-refractivity contribution in [3.8, 4) is 0 Å². The Morgan fingerprint density at radius 3 is 1.62 bits per heavy atom. The molecule has 12 nitrogen and oxygen atoms in total. The average molecular weight is 420 g/mol. The van der Waals surface area contributed by atoms with E-state index in [0.29, 0.717) is 12.8 Å². The molecule has 1 aromatic rings. The number of aliphatic hydroxyl groups excluding tert-OH is 2. The Morgan fingerprint density at radius 1 is 0.862 bits per heavy atom. The van der Waals surface area contributed by atoms with Crippen molar-refractivity contribution in [3.05, 3.63) is 39.9 Å². The summed E-state index contributed by atoms with van der Waals surface area (Å²) in [5.74, 6) is -2.74. The minimum atomic E-state index is -1.17. The summed E-state index contributed by atoms with van der Waals surface area (Å²) in [5.41, 5.74) is -0.292. The van der Waals surface area contributed by atoms with Crippen LogP contribution in [0.1, 0.15) is 48.9 Å². The lowest BCUT2D eigenvalue weighted by molar-refractivity contribution is -0.384. The van der Waals surface area contributed by atoms with Gasteiger partial charge in [0.2, 0.25) is 0 Å². The van der Waals surface area contributed by atoms with Gasteiger partial charge in [0.05, 0.1) is 23.7 Å². The normalized spacial score (nSPS) is 8.90. The lowest BCUT2D eigenvalue weighted by atomic mass is 10.1. The van der Waals surface area contributed by atoms with Crippen LogP contribution in [0.2, 0.25) is 0 Å². The molecule has 0 bridgehead atoms. The standard InChI is InChI=1S/C8H14O4.C7H5NO4.C2H6O2.H3N/c9-7(10)5-3-1-2-4-6-8(11)12;9-7(10)5-2-1-3-6(4-5)8(11)12;3-1-2-4;/h1-6H2,(H,9,10)(H,11,12);1-4H,(H,9,10);3-4H,1-2H2;1H3. The number of aliphatic carboxylic acids is 2. The van der Waals surface area contributed by atoms with Gasteiger partial charge in [-0.3, -0.25) is 19.7 Å². The van der Waals surface area contributed by atoms with Crippen LogP contribution in [0.15, 0.2) is 24.3 Å². The molecule has 0 saturated heterocycles. The van der Waals surface area contributed by atoms with Gasteiger partial charge in [0.25, 0.3) is 5.69 Å². The monoisotopic (exact) mass is 420 g/mol. The third kappa shape index (κ3) is 21.1. The first kappa shape index (κ1) is 30.6. The number of nitro groups is 1. The largest absolute Gasteiger partial charge is 0.481 e. The van der Waals surface area contributed by atoms with Crippen molar-refractivity contribution in [1.82, 2.24) is 6.15 Å². The zero-order chi connectivity index (χ0) is 21.9. The molecule has 166 valence electrons. The van der Waals surface area contributed by atoms with E-state index in [-0.39, 0.29) is 43.5 Å². The Labute approximate surface area is 167 Å². The van der Waals surface area contributed by atoms with Crippen LogP contribution in [0.25, 0.3) is 0 Å². The van der Waals surface area contributed by atoms with E-state index in [2.05, 4.69) is 0 Å². The number of carbonyl (C=O) groups is 3. The highest BCUT2D eigenvalue weighted by atomic mass is 16.6. The Hall–Kier alpha value is -3.09. The van der Waals surface area contributed by atoms with E-state index in [1.54, 1.807) is 0 Å². The molecule has 0 aliphatic heterocycles. The topological polar surface area (TPSA) is 230 Å². The van der Waals surface area contributed by atoms with E-state index in [0.717, 1.165) is 18.9 Å². The van der Waals surface area contributed by atoms with Crippen molar-refractivity contribution in [2.75, 3.05) is 13.2 Å². The molecule has 0 aliphatic carbocycles. The fraction of sp³-hybridized carbons (Fsp3) is 0.471. The lowest BCUT2D eigenvalue weighted by Gasteiger charge is -1.96. The molecule has 0 fully saturated rings. The summed E-state index contributed by atoms with van der Waals surface area (Å²) in [6.45, 7) is -0.250. The van der Waals surface area contributed by atoms with Crippen molar-refractivity contribution in [2.24, 2.45) is 0 Å². The van der Waals surface area contributed by atoms with Gasteiger partial charge in [-0.15, -0.1) is 0 Å².